The summed E-state index contributed by atoms with van der Waals surface area (Å²) in [5, 5.41) is 0. The predicted octanol–water partition coefficient (Wildman–Crippen LogP) is 2.79. The van der Waals surface area contributed by atoms with Gasteiger partial charge in [-0.25, -0.2) is 8.42 Å². The summed E-state index contributed by atoms with van der Waals surface area (Å²) in [6.07, 6.45) is 1.26. The van der Waals surface area contributed by atoms with Gasteiger partial charge in [-0.05, 0) is 36.6 Å². The Balaban J connectivity index is 2.77. The number of aryl methyl sites for hydroxylation is 1. The van der Waals surface area contributed by atoms with Crippen LogP contribution in [0.3, 0.4) is 0 Å². The molecule has 4 nitrogen and oxygen atoms in total. The van der Waals surface area contributed by atoms with Gasteiger partial charge in [-0.3, -0.25) is 4.72 Å². The standard InChI is InChI=1S/C12H18BrNO3S/c1-3-10-9-11(13)5-6-12(10)14-18(15,16)8-4-7-17-2/h5-6,9,14H,3-4,7-8H2,1-2H3. The summed E-state index contributed by atoms with van der Waals surface area (Å²) >= 11 is 3.37. The third-order valence-corrected chi connectivity index (χ3v) is 4.33. The zero-order valence-corrected chi connectivity index (χ0v) is 13.0. The van der Waals surface area contributed by atoms with E-state index in [4.69, 9.17) is 4.74 Å². The van der Waals surface area contributed by atoms with Crippen molar-refractivity contribution in [3.05, 3.63) is 28.2 Å². The number of benzene rings is 1. The summed E-state index contributed by atoms with van der Waals surface area (Å²) < 4.78 is 32.1. The molecule has 0 aliphatic rings. The molecule has 18 heavy (non-hydrogen) atoms. The van der Waals surface area contributed by atoms with E-state index in [1.165, 1.54) is 0 Å². The van der Waals surface area contributed by atoms with Crippen molar-refractivity contribution in [2.45, 2.75) is 19.8 Å². The highest BCUT2D eigenvalue weighted by atomic mass is 79.9. The molecule has 0 heterocycles. The molecule has 0 spiro atoms. The summed E-state index contributed by atoms with van der Waals surface area (Å²) in [5.41, 5.74) is 1.62. The van der Waals surface area contributed by atoms with Gasteiger partial charge in [0.1, 0.15) is 0 Å². The molecule has 1 rings (SSSR count). The van der Waals surface area contributed by atoms with Gasteiger partial charge in [-0.2, -0.15) is 0 Å². The maximum Gasteiger partial charge on any atom is 0.232 e. The Bertz CT molecular complexity index is 488. The minimum atomic E-state index is -3.30. The van der Waals surface area contributed by atoms with Crippen molar-refractivity contribution < 1.29 is 13.2 Å². The second kappa shape index (κ2) is 7.11. The molecule has 0 aromatic heterocycles. The molecular formula is C12H18BrNO3S. The Morgan fingerprint density at radius 3 is 2.72 bits per heavy atom. The predicted molar refractivity (Wildman–Crippen MR) is 77.4 cm³/mol. The lowest BCUT2D eigenvalue weighted by molar-refractivity contribution is 0.199. The second-order valence-corrected chi connectivity index (χ2v) is 6.68. The molecular weight excluding hydrogens is 318 g/mol. The van der Waals surface area contributed by atoms with Crippen LogP contribution in [0, 0.1) is 0 Å². The number of sulfonamides is 1. The van der Waals surface area contributed by atoms with E-state index in [0.29, 0.717) is 18.7 Å². The van der Waals surface area contributed by atoms with Gasteiger partial charge < -0.3 is 4.74 Å². The number of halogens is 1. The summed E-state index contributed by atoms with van der Waals surface area (Å²) in [5.74, 6) is 0.0695. The van der Waals surface area contributed by atoms with E-state index in [0.717, 1.165) is 16.5 Å². The van der Waals surface area contributed by atoms with Crippen LogP contribution in [0.25, 0.3) is 0 Å². The molecule has 0 unspecified atom stereocenters. The number of ether oxygens (including phenoxy) is 1. The summed E-state index contributed by atoms with van der Waals surface area (Å²) in [6.45, 7) is 2.44. The quantitative estimate of drug-likeness (QED) is 0.779. The third-order valence-electron chi connectivity index (χ3n) is 2.48. The molecule has 0 fully saturated rings. The van der Waals surface area contributed by atoms with Crippen LogP contribution in [-0.4, -0.2) is 27.9 Å². The second-order valence-electron chi connectivity index (χ2n) is 3.92. The normalized spacial score (nSPS) is 11.5. The van der Waals surface area contributed by atoms with E-state index in [9.17, 15) is 8.42 Å². The minimum Gasteiger partial charge on any atom is -0.385 e. The monoisotopic (exact) mass is 335 g/mol. The van der Waals surface area contributed by atoms with Crippen LogP contribution in [-0.2, 0) is 21.2 Å². The van der Waals surface area contributed by atoms with E-state index < -0.39 is 10.0 Å². The number of hydrogen-bond acceptors (Lipinski definition) is 3. The molecule has 6 heteroatoms. The minimum absolute atomic E-state index is 0.0695. The van der Waals surface area contributed by atoms with Crippen molar-refractivity contribution >= 4 is 31.6 Å². The maximum atomic E-state index is 11.8. The summed E-state index contributed by atoms with van der Waals surface area (Å²) in [6, 6.07) is 5.52. The summed E-state index contributed by atoms with van der Waals surface area (Å²) in [4.78, 5) is 0. The van der Waals surface area contributed by atoms with Crippen LogP contribution in [0.2, 0.25) is 0 Å². The lowest BCUT2D eigenvalue weighted by Gasteiger charge is -2.12. The van der Waals surface area contributed by atoms with Gasteiger partial charge in [0.05, 0.1) is 11.4 Å². The number of rotatable bonds is 7. The number of methoxy groups -OCH3 is 1. The van der Waals surface area contributed by atoms with E-state index in [2.05, 4.69) is 20.7 Å². The van der Waals surface area contributed by atoms with Crippen LogP contribution in [0.5, 0.6) is 0 Å². The van der Waals surface area contributed by atoms with Crippen molar-refractivity contribution in [2.75, 3.05) is 24.2 Å². The van der Waals surface area contributed by atoms with Gasteiger partial charge in [0.25, 0.3) is 0 Å². The van der Waals surface area contributed by atoms with Crippen molar-refractivity contribution in [2.24, 2.45) is 0 Å². The van der Waals surface area contributed by atoms with Gasteiger partial charge in [0.2, 0.25) is 10.0 Å². The van der Waals surface area contributed by atoms with Crippen LogP contribution in [0.1, 0.15) is 18.9 Å². The molecule has 102 valence electrons. The maximum absolute atomic E-state index is 11.8. The first-order chi connectivity index (χ1) is 8.48. The average Bonchev–Trinajstić information content (AvgIpc) is 2.31. The Morgan fingerprint density at radius 2 is 2.11 bits per heavy atom. The topological polar surface area (TPSA) is 55.4 Å². The molecule has 0 aliphatic heterocycles. The molecule has 0 radical (unpaired) electrons. The van der Waals surface area contributed by atoms with Crippen molar-refractivity contribution in [3.63, 3.8) is 0 Å². The third kappa shape index (κ3) is 4.96. The first-order valence-electron chi connectivity index (χ1n) is 5.76. The number of hydrogen-bond donors (Lipinski definition) is 1. The van der Waals surface area contributed by atoms with E-state index >= 15 is 0 Å². The molecule has 0 saturated carbocycles. The molecule has 0 aliphatic carbocycles. The summed E-state index contributed by atoms with van der Waals surface area (Å²) in [7, 11) is -1.74. The highest BCUT2D eigenvalue weighted by Gasteiger charge is 2.12. The zero-order valence-electron chi connectivity index (χ0n) is 10.6. The van der Waals surface area contributed by atoms with E-state index in [1.807, 2.05) is 19.1 Å². The van der Waals surface area contributed by atoms with E-state index in [1.54, 1.807) is 13.2 Å². The smallest absolute Gasteiger partial charge is 0.232 e. The Hall–Kier alpha value is -0.590. The first-order valence-corrected chi connectivity index (χ1v) is 8.21. The van der Waals surface area contributed by atoms with Crippen LogP contribution in [0.15, 0.2) is 22.7 Å². The van der Waals surface area contributed by atoms with Crippen LogP contribution in [0.4, 0.5) is 5.69 Å². The lowest BCUT2D eigenvalue weighted by Crippen LogP contribution is -2.18. The molecule has 0 bridgehead atoms. The number of anilines is 1. The fourth-order valence-corrected chi connectivity index (χ4v) is 3.11. The van der Waals surface area contributed by atoms with E-state index in [-0.39, 0.29) is 5.75 Å². The average molecular weight is 336 g/mol. The molecule has 1 aromatic rings. The van der Waals surface area contributed by atoms with Gasteiger partial charge in [0.15, 0.2) is 0 Å². The van der Waals surface area contributed by atoms with Gasteiger partial charge in [-0.1, -0.05) is 22.9 Å². The highest BCUT2D eigenvalue weighted by molar-refractivity contribution is 9.10. The SMILES string of the molecule is CCc1cc(Br)ccc1NS(=O)(=O)CCCOC. The van der Waals surface area contributed by atoms with Crippen LogP contribution >= 0.6 is 15.9 Å². The van der Waals surface area contributed by atoms with Gasteiger partial charge in [0, 0.05) is 18.2 Å². The molecule has 1 N–H and O–H groups in total. The van der Waals surface area contributed by atoms with Crippen molar-refractivity contribution in [1.29, 1.82) is 0 Å². The Morgan fingerprint density at radius 1 is 1.39 bits per heavy atom. The molecule has 0 saturated heterocycles. The first kappa shape index (κ1) is 15.5. The van der Waals surface area contributed by atoms with Crippen molar-refractivity contribution in [1.82, 2.24) is 0 Å². The van der Waals surface area contributed by atoms with Gasteiger partial charge in [-0.15, -0.1) is 0 Å². The molecule has 0 amide bonds. The Labute approximate surface area is 117 Å². The molecule has 0 atom stereocenters. The largest absolute Gasteiger partial charge is 0.385 e. The Kier molecular flexibility index (Phi) is 6.11. The molecule has 1 aromatic carbocycles. The van der Waals surface area contributed by atoms with Gasteiger partial charge >= 0.3 is 0 Å². The fraction of sp³-hybridized carbons (Fsp3) is 0.500. The number of nitrogens with one attached hydrogen (secondary N) is 1. The highest BCUT2D eigenvalue weighted by Crippen LogP contribution is 2.22. The fourth-order valence-electron chi connectivity index (χ4n) is 1.57. The van der Waals surface area contributed by atoms with Crippen LogP contribution < -0.4 is 4.72 Å². The zero-order chi connectivity index (χ0) is 13.6. The lowest BCUT2D eigenvalue weighted by atomic mass is 10.1. The van der Waals surface area contributed by atoms with Crippen molar-refractivity contribution in [3.8, 4) is 0 Å².